The predicted octanol–water partition coefficient (Wildman–Crippen LogP) is 2.53. The monoisotopic (exact) mass is 371 g/mol. The first-order valence-electron chi connectivity index (χ1n) is 10.5. The van der Waals surface area contributed by atoms with Crippen LogP contribution in [0.15, 0.2) is 24.3 Å². The molecule has 1 atom stereocenters. The van der Waals surface area contributed by atoms with E-state index in [9.17, 15) is 4.79 Å². The highest BCUT2D eigenvalue weighted by Gasteiger charge is 2.29. The lowest BCUT2D eigenvalue weighted by atomic mass is 10.0. The topological polar surface area (TPSA) is 42.1 Å². The maximum Gasteiger partial charge on any atom is 0.321 e. The largest absolute Gasteiger partial charge is 0.367 e. The first-order chi connectivity index (χ1) is 13.2. The number of piperidine rings is 1. The summed E-state index contributed by atoms with van der Waals surface area (Å²) in [6, 6.07) is 8.84. The Morgan fingerprint density at radius 3 is 2.48 bits per heavy atom. The van der Waals surface area contributed by atoms with E-state index < -0.39 is 0 Å². The maximum absolute atomic E-state index is 13.0. The zero-order chi connectivity index (χ0) is 18.6. The predicted molar refractivity (Wildman–Crippen MR) is 111 cm³/mol. The third-order valence-corrected chi connectivity index (χ3v) is 6.33. The molecule has 3 aliphatic heterocycles. The van der Waals surface area contributed by atoms with Crippen molar-refractivity contribution >= 4 is 17.4 Å². The van der Waals surface area contributed by atoms with Crippen LogP contribution >= 0.6 is 0 Å². The molecular formula is C21H33N5O. The molecule has 1 aromatic rings. The SMILES string of the molecule is CN1CCN(c2ccccc2NC(=O)N2CCC[C@@H](N3CCCC3)C2)CC1. The summed E-state index contributed by atoms with van der Waals surface area (Å²) in [6.07, 6.45) is 4.94. The van der Waals surface area contributed by atoms with E-state index in [0.29, 0.717) is 6.04 Å². The number of amides is 2. The number of rotatable bonds is 3. The van der Waals surface area contributed by atoms with Gasteiger partial charge >= 0.3 is 6.03 Å². The number of nitrogens with one attached hydrogen (secondary N) is 1. The van der Waals surface area contributed by atoms with E-state index in [0.717, 1.165) is 57.1 Å². The Hall–Kier alpha value is -1.79. The van der Waals surface area contributed by atoms with Crippen LogP contribution in [0.2, 0.25) is 0 Å². The summed E-state index contributed by atoms with van der Waals surface area (Å²) in [5.74, 6) is 0. The third kappa shape index (κ3) is 4.38. The van der Waals surface area contributed by atoms with Gasteiger partial charge in [-0.25, -0.2) is 4.79 Å². The van der Waals surface area contributed by atoms with E-state index in [1.165, 1.54) is 32.4 Å². The minimum atomic E-state index is 0.0560. The fraction of sp³-hybridized carbons (Fsp3) is 0.667. The highest BCUT2D eigenvalue weighted by molar-refractivity contribution is 5.93. The molecule has 4 rings (SSSR count). The van der Waals surface area contributed by atoms with Gasteiger partial charge in [0.05, 0.1) is 11.4 Å². The highest BCUT2D eigenvalue weighted by atomic mass is 16.2. The number of anilines is 2. The molecule has 0 saturated carbocycles. The molecule has 0 radical (unpaired) electrons. The van der Waals surface area contributed by atoms with Crippen LogP contribution in [0, 0.1) is 0 Å². The minimum absolute atomic E-state index is 0.0560. The molecule has 0 aliphatic carbocycles. The van der Waals surface area contributed by atoms with Gasteiger partial charge in [0.25, 0.3) is 0 Å². The van der Waals surface area contributed by atoms with Crippen LogP contribution < -0.4 is 10.2 Å². The number of carbonyl (C=O) groups is 1. The van der Waals surface area contributed by atoms with Gasteiger partial charge in [0.1, 0.15) is 0 Å². The molecule has 0 spiro atoms. The number of nitrogens with zero attached hydrogens (tertiary/aromatic N) is 4. The van der Waals surface area contributed by atoms with Crippen molar-refractivity contribution in [3.8, 4) is 0 Å². The van der Waals surface area contributed by atoms with Crippen molar-refractivity contribution in [2.45, 2.75) is 31.7 Å². The molecule has 0 aromatic heterocycles. The minimum Gasteiger partial charge on any atom is -0.367 e. The molecule has 6 nitrogen and oxygen atoms in total. The number of carbonyl (C=O) groups excluding carboxylic acids is 1. The molecule has 1 N–H and O–H groups in total. The lowest BCUT2D eigenvalue weighted by molar-refractivity contribution is 0.132. The zero-order valence-electron chi connectivity index (χ0n) is 16.6. The summed E-state index contributed by atoms with van der Waals surface area (Å²) in [7, 11) is 2.16. The molecule has 3 aliphatic rings. The van der Waals surface area contributed by atoms with E-state index in [-0.39, 0.29) is 6.03 Å². The van der Waals surface area contributed by atoms with Gasteiger partial charge in [-0.2, -0.15) is 0 Å². The van der Waals surface area contributed by atoms with Gasteiger partial charge in [-0.15, -0.1) is 0 Å². The number of piperazine rings is 1. The van der Waals surface area contributed by atoms with Crippen LogP contribution in [0.4, 0.5) is 16.2 Å². The van der Waals surface area contributed by atoms with Gasteiger partial charge in [0.15, 0.2) is 0 Å². The Bertz CT molecular complexity index is 637. The summed E-state index contributed by atoms with van der Waals surface area (Å²) in [5, 5.41) is 3.21. The Morgan fingerprint density at radius 2 is 1.70 bits per heavy atom. The average molecular weight is 372 g/mol. The van der Waals surface area contributed by atoms with E-state index in [1.807, 2.05) is 17.0 Å². The fourth-order valence-electron chi connectivity index (χ4n) is 4.64. The summed E-state index contributed by atoms with van der Waals surface area (Å²) >= 11 is 0. The average Bonchev–Trinajstić information content (AvgIpc) is 3.24. The van der Waals surface area contributed by atoms with Crippen LogP contribution in [0.25, 0.3) is 0 Å². The van der Waals surface area contributed by atoms with Crippen LogP contribution in [0.3, 0.4) is 0 Å². The van der Waals surface area contributed by atoms with Crippen molar-refractivity contribution in [1.82, 2.24) is 14.7 Å². The van der Waals surface area contributed by atoms with Gasteiger partial charge in [0.2, 0.25) is 0 Å². The number of para-hydroxylation sites is 2. The van der Waals surface area contributed by atoms with Gasteiger partial charge in [0, 0.05) is 45.3 Å². The number of likely N-dealkylation sites (tertiary alicyclic amines) is 2. The lowest BCUT2D eigenvalue weighted by Gasteiger charge is -2.38. The van der Waals surface area contributed by atoms with Gasteiger partial charge in [-0.1, -0.05) is 12.1 Å². The van der Waals surface area contributed by atoms with Crippen molar-refractivity contribution in [2.24, 2.45) is 0 Å². The molecular weight excluding hydrogens is 338 g/mol. The van der Waals surface area contributed by atoms with Gasteiger partial charge in [-0.3, -0.25) is 4.90 Å². The number of likely N-dealkylation sites (N-methyl/N-ethyl adjacent to an activating group) is 1. The summed E-state index contributed by atoms with van der Waals surface area (Å²) in [4.78, 5) is 22.3. The van der Waals surface area contributed by atoms with Crippen LogP contribution in [-0.4, -0.2) is 86.2 Å². The molecule has 3 fully saturated rings. The number of hydrogen-bond acceptors (Lipinski definition) is 4. The van der Waals surface area contributed by atoms with Crippen molar-refractivity contribution in [1.29, 1.82) is 0 Å². The second-order valence-corrected chi connectivity index (χ2v) is 8.22. The molecule has 27 heavy (non-hydrogen) atoms. The normalized spacial score (nSPS) is 25.0. The molecule has 0 bridgehead atoms. The summed E-state index contributed by atoms with van der Waals surface area (Å²) in [5.41, 5.74) is 2.09. The lowest BCUT2D eigenvalue weighted by Crippen LogP contribution is -2.50. The highest BCUT2D eigenvalue weighted by Crippen LogP contribution is 2.27. The van der Waals surface area contributed by atoms with Crippen molar-refractivity contribution < 1.29 is 4.79 Å². The van der Waals surface area contributed by atoms with Gasteiger partial charge < -0.3 is 20.0 Å². The fourth-order valence-corrected chi connectivity index (χ4v) is 4.64. The summed E-state index contributed by atoms with van der Waals surface area (Å²) in [6.45, 7) is 8.26. The van der Waals surface area contributed by atoms with Crippen LogP contribution in [-0.2, 0) is 0 Å². The summed E-state index contributed by atoms with van der Waals surface area (Å²) < 4.78 is 0. The van der Waals surface area contributed by atoms with E-state index in [4.69, 9.17) is 0 Å². The van der Waals surface area contributed by atoms with Gasteiger partial charge in [-0.05, 0) is 58.0 Å². The quantitative estimate of drug-likeness (QED) is 0.887. The Balaban J connectivity index is 1.40. The van der Waals surface area contributed by atoms with Crippen LogP contribution in [0.1, 0.15) is 25.7 Å². The maximum atomic E-state index is 13.0. The standard InChI is InChI=1S/C21H33N5O/c1-23-13-15-25(16-14-23)20-9-3-2-8-19(20)22-21(27)26-12-6-7-18(17-26)24-10-4-5-11-24/h2-3,8-9,18H,4-7,10-17H2,1H3,(H,22,27)/t18-/m1/s1. The zero-order valence-corrected chi connectivity index (χ0v) is 16.6. The molecule has 3 heterocycles. The third-order valence-electron chi connectivity index (χ3n) is 6.33. The molecule has 6 heteroatoms. The number of hydrogen-bond donors (Lipinski definition) is 1. The molecule has 148 valence electrons. The Kier molecular flexibility index (Phi) is 5.83. The molecule has 0 unspecified atom stereocenters. The van der Waals surface area contributed by atoms with E-state index in [2.05, 4.69) is 39.2 Å². The smallest absolute Gasteiger partial charge is 0.321 e. The van der Waals surface area contributed by atoms with Crippen molar-refractivity contribution in [2.75, 3.05) is 69.6 Å². The number of urea groups is 1. The first-order valence-corrected chi connectivity index (χ1v) is 10.5. The Labute approximate surface area is 163 Å². The second kappa shape index (κ2) is 8.48. The first kappa shape index (κ1) is 18.6. The van der Waals surface area contributed by atoms with E-state index in [1.54, 1.807) is 0 Å². The van der Waals surface area contributed by atoms with E-state index >= 15 is 0 Å². The molecule has 1 aromatic carbocycles. The van der Waals surface area contributed by atoms with Crippen molar-refractivity contribution in [3.63, 3.8) is 0 Å². The molecule has 3 saturated heterocycles. The van der Waals surface area contributed by atoms with Crippen LogP contribution in [0.5, 0.6) is 0 Å². The second-order valence-electron chi connectivity index (χ2n) is 8.22. The van der Waals surface area contributed by atoms with Crippen molar-refractivity contribution in [3.05, 3.63) is 24.3 Å². The molecule has 2 amide bonds. The Morgan fingerprint density at radius 1 is 0.963 bits per heavy atom. The number of benzene rings is 1.